The van der Waals surface area contributed by atoms with Crippen LogP contribution in [0.15, 0.2) is 6.33 Å². The van der Waals surface area contributed by atoms with Crippen molar-refractivity contribution in [3.8, 4) is 0 Å². The summed E-state index contributed by atoms with van der Waals surface area (Å²) in [5.41, 5.74) is 1.67. The maximum absolute atomic E-state index is 11.7. The van der Waals surface area contributed by atoms with Gasteiger partial charge in [-0.25, -0.2) is 9.78 Å². The number of aromatic nitrogens is 2. The molecule has 2 rings (SSSR count). The fourth-order valence-corrected chi connectivity index (χ4v) is 1.89. The Balaban J connectivity index is 1.69. The minimum absolute atomic E-state index is 0.235. The molecule has 1 amide bonds. The van der Waals surface area contributed by atoms with E-state index < -0.39 is 5.60 Å². The monoisotopic (exact) mass is 266 g/mol. The Labute approximate surface area is 113 Å². The van der Waals surface area contributed by atoms with E-state index in [9.17, 15) is 4.79 Å². The van der Waals surface area contributed by atoms with Crippen LogP contribution in [0.2, 0.25) is 0 Å². The van der Waals surface area contributed by atoms with Crippen LogP contribution in [0, 0.1) is 6.92 Å². The quantitative estimate of drug-likeness (QED) is 0.868. The van der Waals surface area contributed by atoms with Crippen LogP contribution < -0.4 is 5.32 Å². The Kier molecular flexibility index (Phi) is 3.80. The van der Waals surface area contributed by atoms with Crippen molar-refractivity contribution in [2.45, 2.75) is 45.9 Å². The standard InChI is InChI=1S/C13H22N4O2/c1-9-11(16-8-15-9)5-14-10-6-17(7-10)12(18)19-13(2,3)4/h8,10,14H,5-7H2,1-4H3,(H,15,16). The molecule has 1 aliphatic heterocycles. The number of hydrogen-bond acceptors (Lipinski definition) is 4. The second-order valence-corrected chi connectivity index (χ2v) is 5.94. The fourth-order valence-electron chi connectivity index (χ4n) is 1.89. The Morgan fingerprint density at radius 3 is 2.79 bits per heavy atom. The zero-order chi connectivity index (χ0) is 14.0. The number of nitrogens with one attached hydrogen (secondary N) is 2. The number of nitrogens with zero attached hydrogens (tertiary/aromatic N) is 2. The summed E-state index contributed by atoms with van der Waals surface area (Å²) in [4.78, 5) is 20.7. The van der Waals surface area contributed by atoms with Gasteiger partial charge in [0.1, 0.15) is 5.60 Å². The Bertz CT molecular complexity index is 444. The van der Waals surface area contributed by atoms with Crippen LogP contribution in [-0.2, 0) is 11.3 Å². The van der Waals surface area contributed by atoms with E-state index in [2.05, 4.69) is 15.3 Å². The van der Waals surface area contributed by atoms with E-state index >= 15 is 0 Å². The van der Waals surface area contributed by atoms with Gasteiger partial charge >= 0.3 is 6.09 Å². The summed E-state index contributed by atoms with van der Waals surface area (Å²) in [7, 11) is 0. The molecule has 1 aromatic heterocycles. The summed E-state index contributed by atoms with van der Waals surface area (Å²) in [6.45, 7) is 9.74. The lowest BCUT2D eigenvalue weighted by Gasteiger charge is -2.40. The van der Waals surface area contributed by atoms with Crippen molar-refractivity contribution in [2.24, 2.45) is 0 Å². The highest BCUT2D eigenvalue weighted by molar-refractivity contribution is 5.69. The third kappa shape index (κ3) is 3.70. The van der Waals surface area contributed by atoms with Gasteiger partial charge < -0.3 is 19.9 Å². The van der Waals surface area contributed by atoms with Gasteiger partial charge in [0.25, 0.3) is 0 Å². The minimum Gasteiger partial charge on any atom is -0.444 e. The first kappa shape index (κ1) is 13.9. The van der Waals surface area contributed by atoms with Crippen molar-refractivity contribution in [1.29, 1.82) is 0 Å². The average Bonchev–Trinajstić information content (AvgIpc) is 2.59. The van der Waals surface area contributed by atoms with Crippen molar-refractivity contribution >= 4 is 6.09 Å². The normalized spacial score (nSPS) is 16.3. The van der Waals surface area contributed by atoms with Gasteiger partial charge in [-0.3, -0.25) is 0 Å². The van der Waals surface area contributed by atoms with E-state index in [0.717, 1.165) is 17.9 Å². The molecule has 0 aliphatic carbocycles. The fraction of sp³-hybridized carbons (Fsp3) is 0.692. The number of likely N-dealkylation sites (tertiary alicyclic amines) is 1. The molecule has 0 bridgehead atoms. The molecule has 1 aliphatic rings. The number of amides is 1. The molecule has 106 valence electrons. The molecule has 1 aromatic rings. The molecule has 0 unspecified atom stereocenters. The SMILES string of the molecule is Cc1[nH]cnc1CNC1CN(C(=O)OC(C)(C)C)C1. The van der Waals surface area contributed by atoms with Gasteiger partial charge in [0.2, 0.25) is 0 Å². The second-order valence-electron chi connectivity index (χ2n) is 5.94. The van der Waals surface area contributed by atoms with Gasteiger partial charge in [0.15, 0.2) is 0 Å². The second kappa shape index (κ2) is 5.21. The molecule has 19 heavy (non-hydrogen) atoms. The number of imidazole rings is 1. The highest BCUT2D eigenvalue weighted by Gasteiger charge is 2.33. The van der Waals surface area contributed by atoms with E-state index in [1.165, 1.54) is 0 Å². The first-order valence-corrected chi connectivity index (χ1v) is 6.55. The van der Waals surface area contributed by atoms with E-state index in [4.69, 9.17) is 4.74 Å². The van der Waals surface area contributed by atoms with E-state index in [1.54, 1.807) is 11.2 Å². The van der Waals surface area contributed by atoms with E-state index in [0.29, 0.717) is 19.1 Å². The van der Waals surface area contributed by atoms with Crippen LogP contribution in [0.3, 0.4) is 0 Å². The lowest BCUT2D eigenvalue weighted by atomic mass is 10.1. The number of H-pyrrole nitrogens is 1. The molecule has 0 atom stereocenters. The number of rotatable bonds is 3. The predicted molar refractivity (Wildman–Crippen MR) is 71.8 cm³/mol. The maximum Gasteiger partial charge on any atom is 0.410 e. The molecule has 6 heteroatoms. The molecular formula is C13H22N4O2. The third-order valence-electron chi connectivity index (χ3n) is 3.03. The van der Waals surface area contributed by atoms with Crippen LogP contribution in [0.4, 0.5) is 4.79 Å². The van der Waals surface area contributed by atoms with Crippen LogP contribution in [-0.4, -0.2) is 45.7 Å². The smallest absolute Gasteiger partial charge is 0.410 e. The summed E-state index contributed by atoms with van der Waals surface area (Å²) >= 11 is 0. The third-order valence-corrected chi connectivity index (χ3v) is 3.03. The highest BCUT2D eigenvalue weighted by atomic mass is 16.6. The van der Waals surface area contributed by atoms with Crippen molar-refractivity contribution in [3.63, 3.8) is 0 Å². The van der Waals surface area contributed by atoms with Crippen molar-refractivity contribution in [3.05, 3.63) is 17.7 Å². The average molecular weight is 266 g/mol. The van der Waals surface area contributed by atoms with E-state index in [-0.39, 0.29) is 6.09 Å². The minimum atomic E-state index is -0.429. The summed E-state index contributed by atoms with van der Waals surface area (Å²) in [5.74, 6) is 0. The summed E-state index contributed by atoms with van der Waals surface area (Å²) in [6, 6.07) is 0.323. The zero-order valence-corrected chi connectivity index (χ0v) is 12.0. The van der Waals surface area contributed by atoms with Gasteiger partial charge in [-0.1, -0.05) is 0 Å². The Morgan fingerprint density at radius 1 is 1.58 bits per heavy atom. The number of hydrogen-bond donors (Lipinski definition) is 2. The first-order chi connectivity index (χ1) is 8.85. The Hall–Kier alpha value is -1.56. The lowest BCUT2D eigenvalue weighted by Crippen LogP contribution is -2.60. The Morgan fingerprint density at radius 2 is 2.26 bits per heavy atom. The molecule has 0 aromatic carbocycles. The van der Waals surface area contributed by atoms with Gasteiger partial charge in [-0.2, -0.15) is 0 Å². The molecule has 0 spiro atoms. The molecule has 1 saturated heterocycles. The lowest BCUT2D eigenvalue weighted by molar-refractivity contribution is 0.00515. The van der Waals surface area contributed by atoms with Gasteiger partial charge in [0, 0.05) is 31.4 Å². The number of carbonyl (C=O) groups is 1. The number of carbonyl (C=O) groups excluding carboxylic acids is 1. The molecule has 1 fully saturated rings. The maximum atomic E-state index is 11.7. The topological polar surface area (TPSA) is 70.2 Å². The highest BCUT2D eigenvalue weighted by Crippen LogP contribution is 2.15. The molecule has 6 nitrogen and oxygen atoms in total. The first-order valence-electron chi connectivity index (χ1n) is 6.55. The molecule has 2 N–H and O–H groups in total. The predicted octanol–water partition coefficient (Wildman–Crippen LogP) is 1.43. The van der Waals surface area contributed by atoms with Crippen LogP contribution >= 0.6 is 0 Å². The van der Waals surface area contributed by atoms with E-state index in [1.807, 2.05) is 27.7 Å². The number of aryl methyl sites for hydroxylation is 1. The molecular weight excluding hydrogens is 244 g/mol. The van der Waals surface area contributed by atoms with Gasteiger partial charge in [0.05, 0.1) is 12.0 Å². The zero-order valence-electron chi connectivity index (χ0n) is 12.0. The largest absolute Gasteiger partial charge is 0.444 e. The molecule has 0 saturated carbocycles. The summed E-state index contributed by atoms with van der Waals surface area (Å²) < 4.78 is 5.30. The van der Waals surface area contributed by atoms with Crippen molar-refractivity contribution < 1.29 is 9.53 Å². The molecule has 0 radical (unpaired) electrons. The molecule has 2 heterocycles. The van der Waals surface area contributed by atoms with Crippen LogP contribution in [0.1, 0.15) is 32.2 Å². The number of aromatic amines is 1. The van der Waals surface area contributed by atoms with Crippen molar-refractivity contribution in [1.82, 2.24) is 20.2 Å². The van der Waals surface area contributed by atoms with Crippen LogP contribution in [0.25, 0.3) is 0 Å². The summed E-state index contributed by atoms with van der Waals surface area (Å²) in [6.07, 6.45) is 1.46. The van der Waals surface area contributed by atoms with Gasteiger partial charge in [-0.15, -0.1) is 0 Å². The van der Waals surface area contributed by atoms with Crippen molar-refractivity contribution in [2.75, 3.05) is 13.1 Å². The number of ether oxygens (including phenoxy) is 1. The van der Waals surface area contributed by atoms with Crippen LogP contribution in [0.5, 0.6) is 0 Å². The summed E-state index contributed by atoms with van der Waals surface area (Å²) in [5, 5.41) is 3.38. The van der Waals surface area contributed by atoms with Gasteiger partial charge in [-0.05, 0) is 27.7 Å².